The van der Waals surface area contributed by atoms with Gasteiger partial charge in [0.1, 0.15) is 11.4 Å². The zero-order chi connectivity index (χ0) is 12.5. The molecule has 0 saturated carbocycles. The summed E-state index contributed by atoms with van der Waals surface area (Å²) in [6, 6.07) is 7.76. The van der Waals surface area contributed by atoms with Gasteiger partial charge in [0.2, 0.25) is 5.91 Å². The maximum atomic E-state index is 11.4. The molecule has 5 heteroatoms. The molecular formula is C13H19ClN2O2. The average molecular weight is 271 g/mol. The Hall–Kier alpha value is -1.26. The highest BCUT2D eigenvalue weighted by molar-refractivity contribution is 5.85. The molecule has 1 aliphatic heterocycles. The molecule has 0 spiro atoms. The molecule has 3 N–H and O–H groups in total. The summed E-state index contributed by atoms with van der Waals surface area (Å²) in [5.74, 6) is 0.702. The molecule has 0 aliphatic carbocycles. The zero-order valence-electron chi connectivity index (χ0n) is 10.6. The van der Waals surface area contributed by atoms with Crippen LogP contribution in [0.4, 0.5) is 0 Å². The van der Waals surface area contributed by atoms with Crippen LogP contribution in [0.25, 0.3) is 0 Å². The molecule has 1 unspecified atom stereocenters. The number of rotatable bonds is 2. The molecule has 1 amide bonds. The van der Waals surface area contributed by atoms with Crippen molar-refractivity contribution in [2.45, 2.75) is 31.9 Å². The van der Waals surface area contributed by atoms with Crippen molar-refractivity contribution >= 4 is 18.3 Å². The molecule has 0 saturated heterocycles. The minimum Gasteiger partial charge on any atom is -0.487 e. The Labute approximate surface area is 113 Å². The third-order valence-electron chi connectivity index (χ3n) is 2.90. The van der Waals surface area contributed by atoms with Gasteiger partial charge in [-0.25, -0.2) is 0 Å². The fourth-order valence-electron chi connectivity index (χ4n) is 2.18. The molecule has 0 aromatic heterocycles. The first-order chi connectivity index (χ1) is 8.02. The van der Waals surface area contributed by atoms with Crippen molar-refractivity contribution in [3.8, 4) is 5.75 Å². The second kappa shape index (κ2) is 5.59. The van der Waals surface area contributed by atoms with E-state index in [1.807, 2.05) is 38.1 Å². The Morgan fingerprint density at radius 1 is 1.50 bits per heavy atom. The summed E-state index contributed by atoms with van der Waals surface area (Å²) in [4.78, 5) is 11.4. The van der Waals surface area contributed by atoms with E-state index in [0.717, 1.165) is 17.7 Å². The number of amides is 1. The van der Waals surface area contributed by atoms with Gasteiger partial charge in [-0.1, -0.05) is 18.2 Å². The Morgan fingerprint density at radius 3 is 2.83 bits per heavy atom. The number of carbonyl (C=O) groups is 1. The average Bonchev–Trinajstić information content (AvgIpc) is 2.27. The first-order valence-electron chi connectivity index (χ1n) is 5.79. The third kappa shape index (κ3) is 3.15. The van der Waals surface area contributed by atoms with Crippen LogP contribution in [0, 0.1) is 0 Å². The van der Waals surface area contributed by atoms with E-state index in [0.29, 0.717) is 0 Å². The van der Waals surface area contributed by atoms with Crippen molar-refractivity contribution in [2.24, 2.45) is 5.73 Å². The van der Waals surface area contributed by atoms with Crippen LogP contribution in [0.5, 0.6) is 5.75 Å². The molecule has 1 atom stereocenters. The summed E-state index contributed by atoms with van der Waals surface area (Å²) < 4.78 is 5.88. The van der Waals surface area contributed by atoms with E-state index in [1.54, 1.807) is 0 Å². The molecule has 0 radical (unpaired) electrons. The van der Waals surface area contributed by atoms with E-state index >= 15 is 0 Å². The monoisotopic (exact) mass is 270 g/mol. The number of para-hydroxylation sites is 1. The number of ether oxygens (including phenoxy) is 1. The number of hydrogen-bond acceptors (Lipinski definition) is 3. The highest BCUT2D eigenvalue weighted by atomic mass is 35.5. The van der Waals surface area contributed by atoms with Gasteiger partial charge in [-0.2, -0.15) is 0 Å². The fraction of sp³-hybridized carbons (Fsp3) is 0.462. The van der Waals surface area contributed by atoms with Crippen LogP contribution in [-0.4, -0.2) is 18.1 Å². The first kappa shape index (κ1) is 14.8. The maximum Gasteiger partial charge on any atom is 0.234 e. The largest absolute Gasteiger partial charge is 0.487 e. The molecule has 0 bridgehead atoms. The van der Waals surface area contributed by atoms with Gasteiger partial charge in [0.05, 0.1) is 12.6 Å². The van der Waals surface area contributed by atoms with E-state index in [4.69, 9.17) is 10.5 Å². The van der Waals surface area contributed by atoms with Gasteiger partial charge in [0, 0.05) is 12.0 Å². The van der Waals surface area contributed by atoms with Crippen molar-refractivity contribution in [2.75, 3.05) is 6.54 Å². The minimum absolute atomic E-state index is 0. The van der Waals surface area contributed by atoms with E-state index < -0.39 is 0 Å². The predicted octanol–water partition coefficient (Wildman–Crippen LogP) is 1.79. The van der Waals surface area contributed by atoms with Crippen molar-refractivity contribution in [1.29, 1.82) is 0 Å². The van der Waals surface area contributed by atoms with E-state index in [9.17, 15) is 4.79 Å². The lowest BCUT2D eigenvalue weighted by molar-refractivity contribution is -0.121. The van der Waals surface area contributed by atoms with E-state index in [2.05, 4.69) is 5.32 Å². The standard InChI is InChI=1S/C13H18N2O2.ClH/c1-13(2)7-10(15-12(16)8-14)9-5-3-4-6-11(9)17-13;/h3-6,10H,7-8,14H2,1-2H3,(H,15,16);1H. The molecule has 2 rings (SSSR count). The van der Waals surface area contributed by atoms with Crippen molar-refractivity contribution in [3.63, 3.8) is 0 Å². The topological polar surface area (TPSA) is 64.4 Å². The molecule has 1 aromatic rings. The molecule has 1 aromatic carbocycles. The summed E-state index contributed by atoms with van der Waals surface area (Å²) in [7, 11) is 0. The second-order valence-corrected chi connectivity index (χ2v) is 4.93. The Morgan fingerprint density at radius 2 is 2.17 bits per heavy atom. The van der Waals surface area contributed by atoms with Gasteiger partial charge in [-0.3, -0.25) is 4.79 Å². The lowest BCUT2D eigenvalue weighted by Crippen LogP contribution is -2.42. The van der Waals surface area contributed by atoms with Gasteiger partial charge in [0.15, 0.2) is 0 Å². The Balaban J connectivity index is 0.00000162. The lowest BCUT2D eigenvalue weighted by Gasteiger charge is -2.37. The van der Waals surface area contributed by atoms with Crippen molar-refractivity contribution < 1.29 is 9.53 Å². The van der Waals surface area contributed by atoms with Crippen molar-refractivity contribution in [1.82, 2.24) is 5.32 Å². The number of hydrogen-bond donors (Lipinski definition) is 2. The quantitative estimate of drug-likeness (QED) is 0.861. The summed E-state index contributed by atoms with van der Waals surface area (Å²) >= 11 is 0. The summed E-state index contributed by atoms with van der Waals surface area (Å²) in [6.07, 6.45) is 0.746. The highest BCUT2D eigenvalue weighted by Gasteiger charge is 2.33. The normalized spacial score (nSPS) is 20.1. The summed E-state index contributed by atoms with van der Waals surface area (Å²) in [5, 5.41) is 2.94. The highest BCUT2D eigenvalue weighted by Crippen LogP contribution is 2.38. The van der Waals surface area contributed by atoms with Gasteiger partial charge in [0.25, 0.3) is 0 Å². The van der Waals surface area contributed by atoms with Crippen LogP contribution in [0.2, 0.25) is 0 Å². The van der Waals surface area contributed by atoms with Crippen LogP contribution in [-0.2, 0) is 4.79 Å². The Bertz CT molecular complexity index is 435. The summed E-state index contributed by atoms with van der Waals surface area (Å²) in [5.41, 5.74) is 6.08. The molecule has 1 aliphatic rings. The maximum absolute atomic E-state index is 11.4. The van der Waals surface area contributed by atoms with Crippen LogP contribution in [0.1, 0.15) is 31.9 Å². The van der Waals surface area contributed by atoms with Crippen LogP contribution < -0.4 is 15.8 Å². The zero-order valence-corrected chi connectivity index (χ0v) is 11.4. The fourth-order valence-corrected chi connectivity index (χ4v) is 2.18. The van der Waals surface area contributed by atoms with Crippen molar-refractivity contribution in [3.05, 3.63) is 29.8 Å². The number of fused-ring (bicyclic) bond motifs is 1. The first-order valence-corrected chi connectivity index (χ1v) is 5.79. The number of halogens is 1. The van der Waals surface area contributed by atoms with E-state index in [1.165, 1.54) is 0 Å². The molecule has 1 heterocycles. The van der Waals surface area contributed by atoms with Gasteiger partial charge in [-0.15, -0.1) is 12.4 Å². The van der Waals surface area contributed by atoms with Crippen LogP contribution >= 0.6 is 12.4 Å². The smallest absolute Gasteiger partial charge is 0.234 e. The third-order valence-corrected chi connectivity index (χ3v) is 2.90. The van der Waals surface area contributed by atoms with Gasteiger partial charge < -0.3 is 15.8 Å². The predicted molar refractivity (Wildman–Crippen MR) is 73.0 cm³/mol. The number of nitrogens with two attached hydrogens (primary N) is 1. The Kier molecular flexibility index (Phi) is 4.59. The molecule has 100 valence electrons. The second-order valence-electron chi connectivity index (χ2n) is 4.93. The molecule has 4 nitrogen and oxygen atoms in total. The lowest BCUT2D eigenvalue weighted by atomic mass is 9.89. The number of benzene rings is 1. The molecular weight excluding hydrogens is 252 g/mol. The SMILES string of the molecule is CC1(C)CC(NC(=O)CN)c2ccccc2O1.Cl. The number of carbonyl (C=O) groups excluding carboxylic acids is 1. The minimum atomic E-state index is -0.277. The number of nitrogens with one attached hydrogen (secondary N) is 1. The molecule has 0 fully saturated rings. The summed E-state index contributed by atoms with van der Waals surface area (Å²) in [6.45, 7) is 4.05. The van der Waals surface area contributed by atoms with Crippen LogP contribution in [0.3, 0.4) is 0 Å². The van der Waals surface area contributed by atoms with E-state index in [-0.39, 0.29) is 36.5 Å². The molecule has 18 heavy (non-hydrogen) atoms. The van der Waals surface area contributed by atoms with Gasteiger partial charge >= 0.3 is 0 Å². The van der Waals surface area contributed by atoms with Crippen LogP contribution in [0.15, 0.2) is 24.3 Å². The van der Waals surface area contributed by atoms with Gasteiger partial charge in [-0.05, 0) is 19.9 Å².